The summed E-state index contributed by atoms with van der Waals surface area (Å²) in [4.78, 5) is 24.0. The lowest BCUT2D eigenvalue weighted by molar-refractivity contribution is -0.142. The molecule has 9 heteroatoms. The van der Waals surface area contributed by atoms with Gasteiger partial charge in [0.15, 0.2) is 18.1 Å². The Balaban J connectivity index is 1.98. The van der Waals surface area contributed by atoms with Crippen LogP contribution in [0.2, 0.25) is 5.02 Å². The molecule has 0 bridgehead atoms. The Bertz CT molecular complexity index is 918. The smallest absolute Gasteiger partial charge is 0.331 e. The number of hydrogen-bond donors (Lipinski definition) is 1. The molecule has 0 unspecified atom stereocenters. The van der Waals surface area contributed by atoms with E-state index in [1.165, 1.54) is 46.7 Å². The van der Waals surface area contributed by atoms with Crippen LogP contribution in [0.4, 0.5) is 5.69 Å². The number of anilines is 1. The fraction of sp³-hybridized carbons (Fsp3) is 0.238. The van der Waals surface area contributed by atoms with Crippen LogP contribution in [0, 0.1) is 0 Å². The van der Waals surface area contributed by atoms with Gasteiger partial charge in [0.25, 0.3) is 5.91 Å². The number of benzene rings is 2. The van der Waals surface area contributed by atoms with Crippen LogP contribution in [0.15, 0.2) is 36.4 Å². The summed E-state index contributed by atoms with van der Waals surface area (Å²) >= 11 is 5.92. The zero-order chi connectivity index (χ0) is 22.1. The van der Waals surface area contributed by atoms with Crippen LogP contribution in [-0.4, -0.2) is 46.9 Å². The van der Waals surface area contributed by atoms with Crippen molar-refractivity contribution < 1.29 is 33.3 Å². The normalized spacial score (nSPS) is 10.4. The average Bonchev–Trinajstić information content (AvgIpc) is 2.75. The van der Waals surface area contributed by atoms with Crippen molar-refractivity contribution in [1.82, 2.24) is 0 Å². The highest BCUT2D eigenvalue weighted by molar-refractivity contribution is 6.31. The van der Waals surface area contributed by atoms with Gasteiger partial charge in [0, 0.05) is 11.1 Å². The van der Waals surface area contributed by atoms with Crippen molar-refractivity contribution in [3.05, 3.63) is 47.0 Å². The Morgan fingerprint density at radius 3 is 2.13 bits per heavy atom. The second kappa shape index (κ2) is 11.0. The van der Waals surface area contributed by atoms with Crippen LogP contribution < -0.4 is 24.3 Å². The first kappa shape index (κ1) is 22.9. The summed E-state index contributed by atoms with van der Waals surface area (Å²) in [6, 6.07) is 8.12. The highest BCUT2D eigenvalue weighted by Crippen LogP contribution is 2.38. The number of esters is 1. The van der Waals surface area contributed by atoms with Gasteiger partial charge in [0.2, 0.25) is 5.75 Å². The molecular formula is C21H22ClNO7. The average molecular weight is 436 g/mol. The third kappa shape index (κ3) is 6.05. The second-order valence-electron chi connectivity index (χ2n) is 5.79. The molecule has 2 aromatic carbocycles. The summed E-state index contributed by atoms with van der Waals surface area (Å²) in [5.41, 5.74) is 0.994. The van der Waals surface area contributed by atoms with E-state index in [1.54, 1.807) is 24.3 Å². The van der Waals surface area contributed by atoms with Gasteiger partial charge in [-0.3, -0.25) is 4.79 Å². The molecule has 0 saturated carbocycles. The molecule has 0 atom stereocenters. The van der Waals surface area contributed by atoms with E-state index in [0.29, 0.717) is 39.3 Å². The van der Waals surface area contributed by atoms with Crippen molar-refractivity contribution in [1.29, 1.82) is 0 Å². The Hall–Kier alpha value is -3.39. The van der Waals surface area contributed by atoms with E-state index in [2.05, 4.69) is 5.32 Å². The van der Waals surface area contributed by atoms with Crippen LogP contribution in [0.5, 0.6) is 23.0 Å². The maximum absolute atomic E-state index is 12.1. The maximum atomic E-state index is 12.1. The number of halogens is 1. The summed E-state index contributed by atoms with van der Waals surface area (Å²) in [5.74, 6) is 0.524. The molecule has 2 rings (SSSR count). The van der Waals surface area contributed by atoms with E-state index in [9.17, 15) is 9.59 Å². The van der Waals surface area contributed by atoms with E-state index < -0.39 is 18.5 Å². The molecule has 0 aliphatic carbocycles. The van der Waals surface area contributed by atoms with Gasteiger partial charge in [0.05, 0.1) is 34.1 Å². The third-order valence-corrected chi connectivity index (χ3v) is 4.12. The minimum atomic E-state index is -0.697. The fourth-order valence-electron chi connectivity index (χ4n) is 2.51. The first-order valence-corrected chi connectivity index (χ1v) is 9.07. The van der Waals surface area contributed by atoms with Gasteiger partial charge < -0.3 is 29.0 Å². The molecule has 30 heavy (non-hydrogen) atoms. The van der Waals surface area contributed by atoms with Crippen molar-refractivity contribution in [3.63, 3.8) is 0 Å². The lowest BCUT2D eigenvalue weighted by atomic mass is 10.1. The first-order chi connectivity index (χ1) is 14.4. The zero-order valence-corrected chi connectivity index (χ0v) is 17.7. The standard InChI is InChI=1S/C21H22ClNO7/c1-26-16-7-6-14(22)11-15(16)23-19(24)12-30-20(25)8-5-13-9-17(27-2)21(29-4)18(10-13)28-3/h5-11H,12H2,1-4H3,(H,23,24)/b8-5+. The van der Waals surface area contributed by atoms with Gasteiger partial charge in [-0.25, -0.2) is 4.79 Å². The Morgan fingerprint density at radius 1 is 0.933 bits per heavy atom. The quantitative estimate of drug-likeness (QED) is 0.475. The summed E-state index contributed by atoms with van der Waals surface area (Å²) in [5, 5.41) is 3.00. The molecule has 0 heterocycles. The number of ether oxygens (including phenoxy) is 5. The van der Waals surface area contributed by atoms with Crippen LogP contribution in [-0.2, 0) is 14.3 Å². The topological polar surface area (TPSA) is 92.3 Å². The molecule has 1 N–H and O–H groups in total. The first-order valence-electron chi connectivity index (χ1n) is 8.70. The molecule has 0 fully saturated rings. The summed E-state index contributed by atoms with van der Waals surface area (Å²) in [6.45, 7) is -0.478. The third-order valence-electron chi connectivity index (χ3n) is 3.88. The van der Waals surface area contributed by atoms with Crippen molar-refractivity contribution in [2.45, 2.75) is 0 Å². The lowest BCUT2D eigenvalue weighted by Gasteiger charge is -2.12. The number of carbonyl (C=O) groups is 2. The summed E-state index contributed by atoms with van der Waals surface area (Å²) in [7, 11) is 5.95. The number of methoxy groups -OCH3 is 4. The molecule has 0 saturated heterocycles. The Labute approximate surface area is 179 Å². The number of hydrogen-bond acceptors (Lipinski definition) is 7. The van der Waals surface area contributed by atoms with Crippen molar-refractivity contribution in [2.24, 2.45) is 0 Å². The van der Waals surface area contributed by atoms with Gasteiger partial charge >= 0.3 is 5.97 Å². The predicted molar refractivity (Wildman–Crippen MR) is 113 cm³/mol. The highest BCUT2D eigenvalue weighted by Gasteiger charge is 2.13. The van der Waals surface area contributed by atoms with Crippen LogP contribution >= 0.6 is 11.6 Å². The molecule has 0 aliphatic heterocycles. The van der Waals surface area contributed by atoms with Gasteiger partial charge in [-0.2, -0.15) is 0 Å². The van der Waals surface area contributed by atoms with Crippen molar-refractivity contribution >= 4 is 35.2 Å². The number of rotatable bonds is 9. The minimum Gasteiger partial charge on any atom is -0.495 e. The van der Waals surface area contributed by atoms with Gasteiger partial charge in [-0.15, -0.1) is 0 Å². The monoisotopic (exact) mass is 435 g/mol. The lowest BCUT2D eigenvalue weighted by Crippen LogP contribution is -2.20. The fourth-order valence-corrected chi connectivity index (χ4v) is 2.68. The van der Waals surface area contributed by atoms with E-state index >= 15 is 0 Å². The molecular weight excluding hydrogens is 414 g/mol. The molecule has 160 valence electrons. The maximum Gasteiger partial charge on any atom is 0.331 e. The SMILES string of the molecule is COc1ccc(Cl)cc1NC(=O)COC(=O)/C=C/c1cc(OC)c(OC)c(OC)c1. The Morgan fingerprint density at radius 2 is 1.57 bits per heavy atom. The molecule has 0 aromatic heterocycles. The number of amides is 1. The molecule has 8 nitrogen and oxygen atoms in total. The summed E-state index contributed by atoms with van der Waals surface area (Å²) in [6.07, 6.45) is 2.69. The zero-order valence-electron chi connectivity index (χ0n) is 17.0. The summed E-state index contributed by atoms with van der Waals surface area (Å²) < 4.78 is 25.9. The van der Waals surface area contributed by atoms with Crippen LogP contribution in [0.3, 0.4) is 0 Å². The van der Waals surface area contributed by atoms with Gasteiger partial charge in [-0.05, 0) is 42.0 Å². The molecule has 0 spiro atoms. The van der Waals surface area contributed by atoms with Crippen LogP contribution in [0.25, 0.3) is 6.08 Å². The molecule has 0 aliphatic rings. The van der Waals surface area contributed by atoms with E-state index in [0.717, 1.165) is 0 Å². The van der Waals surface area contributed by atoms with Gasteiger partial charge in [0.1, 0.15) is 5.75 Å². The highest BCUT2D eigenvalue weighted by atomic mass is 35.5. The molecule has 2 aromatic rings. The van der Waals surface area contributed by atoms with E-state index in [4.69, 9.17) is 35.3 Å². The van der Waals surface area contributed by atoms with Gasteiger partial charge in [-0.1, -0.05) is 11.6 Å². The van der Waals surface area contributed by atoms with Crippen molar-refractivity contribution in [2.75, 3.05) is 40.4 Å². The van der Waals surface area contributed by atoms with E-state index in [1.807, 2.05) is 0 Å². The number of carbonyl (C=O) groups excluding carboxylic acids is 2. The van der Waals surface area contributed by atoms with Crippen molar-refractivity contribution in [3.8, 4) is 23.0 Å². The number of nitrogens with one attached hydrogen (secondary N) is 1. The second-order valence-corrected chi connectivity index (χ2v) is 6.23. The molecule has 1 amide bonds. The van der Waals surface area contributed by atoms with E-state index in [-0.39, 0.29) is 0 Å². The van der Waals surface area contributed by atoms with Crippen LogP contribution in [0.1, 0.15) is 5.56 Å². The predicted octanol–water partition coefficient (Wildman–Crippen LogP) is 3.57. The largest absolute Gasteiger partial charge is 0.495 e. The molecule has 0 radical (unpaired) electrons. The Kier molecular flexibility index (Phi) is 8.37. The minimum absolute atomic E-state index is 0.374.